The Morgan fingerprint density at radius 2 is 1.48 bits per heavy atom. The molecule has 0 aliphatic rings. The highest BCUT2D eigenvalue weighted by Crippen LogP contribution is 2.34. The van der Waals surface area contributed by atoms with Gasteiger partial charge in [-0.15, -0.1) is 13.2 Å². The van der Waals surface area contributed by atoms with Gasteiger partial charge in [-0.1, -0.05) is 131 Å². The summed E-state index contributed by atoms with van der Waals surface area (Å²) in [4.78, 5) is 2.12. The fourth-order valence-electron chi connectivity index (χ4n) is 6.20. The molecule has 0 heterocycles. The number of nitrogens with zero attached hydrogens (tertiary/aromatic N) is 2. The molecule has 8 heteroatoms. The van der Waals surface area contributed by atoms with E-state index in [9.17, 15) is 5.11 Å². The van der Waals surface area contributed by atoms with E-state index in [0.717, 1.165) is 48.5 Å². The van der Waals surface area contributed by atoms with Gasteiger partial charge in [0, 0.05) is 50.3 Å². The minimum Gasteiger partial charge on any atom is -0.397 e. The van der Waals surface area contributed by atoms with Crippen molar-refractivity contribution >= 4 is 5.84 Å². The molecule has 0 radical (unpaired) electrons. The molecule has 0 amide bonds. The monoisotopic (exact) mass is 834 g/mol. The van der Waals surface area contributed by atoms with Crippen LogP contribution in [-0.2, 0) is 13.0 Å². The zero-order valence-electron chi connectivity index (χ0n) is 42.1. The van der Waals surface area contributed by atoms with Gasteiger partial charge in [0.2, 0.25) is 0 Å². The molecule has 0 aliphatic carbocycles. The Bertz CT molecular complexity index is 1530. The number of hydrogen-bond acceptors (Lipinski definition) is 7. The van der Waals surface area contributed by atoms with Crippen LogP contribution in [0.25, 0.3) is 0 Å². The lowest BCUT2D eigenvalue weighted by atomic mass is 9.79. The smallest absolute Gasteiger partial charge is 0.125 e. The van der Waals surface area contributed by atoms with Crippen LogP contribution in [0, 0.1) is 13.8 Å². The van der Waals surface area contributed by atoms with Crippen LogP contribution in [-0.4, -0.2) is 48.2 Å². The molecule has 1 unspecified atom stereocenters. The SMILES string of the molecule is C=C.C=C(C/C(N)=N/NC)NC(C)(C)C(/C=C(C)/C(N)=C(\C=C/C)NCC)c1ccc(C)c(CN(CO)CCCc2ccc(C(C)C)cc2C)c1.CC.CC.CC.CCC. The molecule has 2 rings (SSSR count). The molecule has 8 N–H and O–H groups in total. The van der Waals surface area contributed by atoms with Crippen molar-refractivity contribution in [3.8, 4) is 0 Å². The van der Waals surface area contributed by atoms with Gasteiger partial charge >= 0.3 is 0 Å². The van der Waals surface area contributed by atoms with Crippen LogP contribution in [0.3, 0.4) is 0 Å². The van der Waals surface area contributed by atoms with Crippen molar-refractivity contribution in [3.05, 3.63) is 130 Å². The van der Waals surface area contributed by atoms with Gasteiger partial charge in [-0.05, 0) is 112 Å². The van der Waals surface area contributed by atoms with Gasteiger partial charge < -0.3 is 32.6 Å². The Balaban J connectivity index is -0.00000130. The molecule has 344 valence electrons. The fourth-order valence-corrected chi connectivity index (χ4v) is 6.20. The minimum absolute atomic E-state index is 0.000673. The van der Waals surface area contributed by atoms with E-state index in [1.54, 1.807) is 7.05 Å². The highest BCUT2D eigenvalue weighted by Gasteiger charge is 2.31. The van der Waals surface area contributed by atoms with Crippen molar-refractivity contribution in [3.63, 3.8) is 0 Å². The lowest BCUT2D eigenvalue weighted by molar-refractivity contribution is 0.0993. The number of aryl methyl sites for hydroxylation is 3. The number of aliphatic hydroxyl groups excluding tert-OH is 1. The van der Waals surface area contributed by atoms with Crippen LogP contribution in [0.1, 0.15) is 168 Å². The molecule has 0 saturated carbocycles. The van der Waals surface area contributed by atoms with E-state index in [1.807, 2.05) is 60.6 Å². The molecule has 0 aromatic heterocycles. The molecular weight excluding hydrogens is 739 g/mol. The Hall–Kier alpha value is -4.27. The van der Waals surface area contributed by atoms with Crippen molar-refractivity contribution in [2.75, 3.05) is 26.9 Å². The summed E-state index contributed by atoms with van der Waals surface area (Å²) in [7, 11) is 1.73. The maximum atomic E-state index is 10.4. The van der Waals surface area contributed by atoms with Crippen LogP contribution in [0.5, 0.6) is 0 Å². The van der Waals surface area contributed by atoms with E-state index < -0.39 is 5.54 Å². The molecule has 8 nitrogen and oxygen atoms in total. The van der Waals surface area contributed by atoms with E-state index in [2.05, 4.69) is 158 Å². The van der Waals surface area contributed by atoms with E-state index in [1.165, 1.54) is 34.2 Å². The number of hydrogen-bond donors (Lipinski definition) is 6. The van der Waals surface area contributed by atoms with Gasteiger partial charge in [-0.2, -0.15) is 5.10 Å². The summed E-state index contributed by atoms with van der Waals surface area (Å²) < 4.78 is 0. The lowest BCUT2D eigenvalue weighted by Crippen LogP contribution is -2.44. The third-order valence-corrected chi connectivity index (χ3v) is 9.04. The van der Waals surface area contributed by atoms with Gasteiger partial charge in [-0.3, -0.25) is 4.90 Å². The Labute approximate surface area is 371 Å². The van der Waals surface area contributed by atoms with Crippen LogP contribution in [0.2, 0.25) is 0 Å². The maximum absolute atomic E-state index is 10.4. The second kappa shape index (κ2) is 37.7. The van der Waals surface area contributed by atoms with E-state index >= 15 is 0 Å². The van der Waals surface area contributed by atoms with E-state index in [4.69, 9.17) is 11.5 Å². The first kappa shape index (κ1) is 62.4. The molecule has 0 fully saturated rings. The molecule has 1 atom stereocenters. The molecule has 2 aromatic rings. The predicted molar refractivity (Wildman–Crippen MR) is 271 cm³/mol. The van der Waals surface area contributed by atoms with Gasteiger partial charge in [0.05, 0.1) is 18.1 Å². The number of rotatable bonds is 20. The molecule has 0 spiro atoms. The van der Waals surface area contributed by atoms with E-state index in [0.29, 0.717) is 30.4 Å². The quantitative estimate of drug-likeness (QED) is 0.0196. The number of allylic oxidation sites excluding steroid dienone is 3. The van der Waals surface area contributed by atoms with Crippen LogP contribution >= 0.6 is 0 Å². The summed E-state index contributed by atoms with van der Waals surface area (Å²) >= 11 is 0. The first-order valence-corrected chi connectivity index (χ1v) is 22.6. The van der Waals surface area contributed by atoms with E-state index in [-0.39, 0.29) is 12.6 Å². The van der Waals surface area contributed by atoms with Gasteiger partial charge in [0.25, 0.3) is 0 Å². The number of likely N-dealkylation sites (N-methyl/N-ethyl adjacent to an activating group) is 1. The topological polar surface area (TPSA) is 124 Å². The number of nitrogens with one attached hydrogen (secondary N) is 3. The summed E-state index contributed by atoms with van der Waals surface area (Å²) in [5.41, 5.74) is 26.1. The maximum Gasteiger partial charge on any atom is 0.125 e. The third kappa shape index (κ3) is 24.7. The zero-order chi connectivity index (χ0) is 47.4. The number of amidine groups is 1. The number of hydrazone groups is 1. The molecule has 2 aromatic carbocycles. The summed E-state index contributed by atoms with van der Waals surface area (Å²) in [6.07, 6.45) is 9.86. The first-order valence-electron chi connectivity index (χ1n) is 22.6. The number of benzene rings is 2. The predicted octanol–water partition coefficient (Wildman–Crippen LogP) is 12.3. The second-order valence-corrected chi connectivity index (χ2v) is 14.7. The summed E-state index contributed by atoms with van der Waals surface area (Å²) in [5, 5.41) is 21.6. The normalized spacial score (nSPS) is 12.1. The van der Waals surface area contributed by atoms with Crippen molar-refractivity contribution < 1.29 is 5.11 Å². The summed E-state index contributed by atoms with van der Waals surface area (Å²) in [6, 6.07) is 13.5. The Kier molecular flexibility index (Phi) is 39.2. The zero-order valence-corrected chi connectivity index (χ0v) is 42.1. The Morgan fingerprint density at radius 1 is 0.917 bits per heavy atom. The molecule has 0 saturated heterocycles. The summed E-state index contributed by atoms with van der Waals surface area (Å²) in [6.45, 7) is 48.0. The van der Waals surface area contributed by atoms with Crippen molar-refractivity contribution in [2.24, 2.45) is 16.6 Å². The van der Waals surface area contributed by atoms with Crippen molar-refractivity contribution in [1.29, 1.82) is 0 Å². The number of nitrogens with two attached hydrogens (primary N) is 2. The second-order valence-electron chi connectivity index (χ2n) is 14.7. The third-order valence-electron chi connectivity index (χ3n) is 9.04. The molecule has 60 heavy (non-hydrogen) atoms. The first-order chi connectivity index (χ1) is 28.6. The van der Waals surface area contributed by atoms with Crippen LogP contribution in [0.15, 0.2) is 102 Å². The standard InChI is InChI=1S/C41H65N7O.C3H8.3C2H6.C2H4/c1-12-15-38(45-13-2)40(43)31(7)23-37(41(9,10)46-32(8)24-39(42)47-44-11)35-18-17-29(5)36(25-35)26-48(27-49)21-14-16-33-19-20-34(28(3)4)22-30(33)6;1-3-2;4*1-2/h12,15,17-20,22-23,25,28,37,44-46,49H,8,13-14,16,21,24,26-27,43H2,1-7,9-11H3,(H2,42,47);3H2,1-2H3;3*1-2H3;1-2H2/b15-12-,31-23+,40-38-;;;;;. The lowest BCUT2D eigenvalue weighted by Gasteiger charge is -2.37. The van der Waals surface area contributed by atoms with Crippen LogP contribution < -0.4 is 27.5 Å². The van der Waals surface area contributed by atoms with Gasteiger partial charge in [-0.25, -0.2) is 0 Å². The van der Waals surface area contributed by atoms with Crippen LogP contribution in [0.4, 0.5) is 0 Å². The molecule has 0 aliphatic heterocycles. The van der Waals surface area contributed by atoms with Crippen molar-refractivity contribution in [1.82, 2.24) is 21.0 Å². The average molecular weight is 834 g/mol. The van der Waals surface area contributed by atoms with Gasteiger partial charge in [0.15, 0.2) is 0 Å². The fraction of sp³-hybridized carbons (Fsp3) is 0.558. The number of aliphatic hydroxyl groups is 1. The average Bonchev–Trinajstić information content (AvgIpc) is 3.23. The van der Waals surface area contributed by atoms with Crippen molar-refractivity contribution in [2.45, 2.75) is 167 Å². The highest BCUT2D eigenvalue weighted by atomic mass is 16.3. The molecular formula is C52H95N7O. The molecule has 0 bridgehead atoms. The minimum atomic E-state index is -0.469. The summed E-state index contributed by atoms with van der Waals surface area (Å²) in [5.74, 6) is 0.893. The van der Waals surface area contributed by atoms with Gasteiger partial charge in [0.1, 0.15) is 5.84 Å². The largest absolute Gasteiger partial charge is 0.397 e. The Morgan fingerprint density at radius 3 is 1.97 bits per heavy atom. The highest BCUT2D eigenvalue weighted by molar-refractivity contribution is 5.82.